The van der Waals surface area contributed by atoms with E-state index in [-0.39, 0.29) is 11.9 Å². The van der Waals surface area contributed by atoms with E-state index >= 15 is 0 Å². The number of hydrogen-bond acceptors (Lipinski definition) is 4. The fraction of sp³-hybridized carbons (Fsp3) is 0.800. The van der Waals surface area contributed by atoms with Gasteiger partial charge in [-0.3, -0.25) is 14.5 Å². The molecule has 0 spiro atoms. The zero-order valence-electron chi connectivity index (χ0n) is 7.27. The van der Waals surface area contributed by atoms with Gasteiger partial charge in [-0.1, -0.05) is 13.3 Å². The van der Waals surface area contributed by atoms with Gasteiger partial charge < -0.3 is 11.5 Å². The van der Waals surface area contributed by atoms with Crippen molar-refractivity contribution in [2.45, 2.75) is 25.8 Å². The summed E-state index contributed by atoms with van der Waals surface area (Å²) in [5.41, 5.74) is 10.5. The van der Waals surface area contributed by atoms with Gasteiger partial charge in [0.1, 0.15) is 5.84 Å². The van der Waals surface area contributed by atoms with Crippen LogP contribution in [0.1, 0.15) is 19.8 Å². The van der Waals surface area contributed by atoms with E-state index in [1.807, 2.05) is 6.92 Å². The minimum Gasteiger partial charge on any atom is -0.386 e. The third-order valence-electron chi connectivity index (χ3n) is 0.999. The van der Waals surface area contributed by atoms with Gasteiger partial charge in [-0.05, 0) is 6.42 Å². The van der Waals surface area contributed by atoms with Crippen molar-refractivity contribution in [2.75, 3.05) is 0 Å². The van der Waals surface area contributed by atoms with Crippen molar-refractivity contribution in [2.24, 2.45) is 11.5 Å². The molecule has 0 saturated heterocycles. The maximum atomic E-state index is 8.74. The molecule has 0 aliphatic rings. The number of hydrogen-bond donors (Lipinski definition) is 5. The average molecular weight is 213 g/mol. The van der Waals surface area contributed by atoms with Crippen LogP contribution in [0, 0.1) is 5.41 Å². The molecule has 0 aromatic rings. The van der Waals surface area contributed by atoms with Crippen LogP contribution in [-0.2, 0) is 10.4 Å². The molecule has 7 N–H and O–H groups in total. The summed E-state index contributed by atoms with van der Waals surface area (Å²) < 4.78 is 31.6. The van der Waals surface area contributed by atoms with E-state index in [1.54, 1.807) is 0 Å². The first-order valence-corrected chi connectivity index (χ1v) is 4.87. The number of amidine groups is 1. The summed E-state index contributed by atoms with van der Waals surface area (Å²) in [5.74, 6) is 0.0897. The lowest BCUT2D eigenvalue weighted by atomic mass is 10.2. The van der Waals surface area contributed by atoms with E-state index in [0.717, 1.165) is 12.8 Å². The molecule has 0 bridgehead atoms. The Bertz CT molecular complexity index is 230. The van der Waals surface area contributed by atoms with Crippen molar-refractivity contribution in [3.8, 4) is 0 Å². The van der Waals surface area contributed by atoms with E-state index in [0.29, 0.717) is 0 Å². The fourth-order valence-electron chi connectivity index (χ4n) is 0.467. The predicted octanol–water partition coefficient (Wildman–Crippen LogP) is -0.603. The number of nitrogens with two attached hydrogens (primary N) is 2. The molecule has 0 aliphatic heterocycles. The summed E-state index contributed by atoms with van der Waals surface area (Å²) >= 11 is 0. The lowest BCUT2D eigenvalue weighted by Crippen LogP contribution is -2.35. The zero-order valence-corrected chi connectivity index (χ0v) is 8.08. The van der Waals surface area contributed by atoms with Gasteiger partial charge in [0.2, 0.25) is 0 Å². The quantitative estimate of drug-likeness (QED) is 0.240. The van der Waals surface area contributed by atoms with Gasteiger partial charge in [0.25, 0.3) is 0 Å². The Hall–Kier alpha value is -0.700. The zero-order chi connectivity index (χ0) is 11.1. The van der Waals surface area contributed by atoms with E-state index in [1.165, 1.54) is 0 Å². The van der Waals surface area contributed by atoms with Crippen LogP contribution in [0.4, 0.5) is 0 Å². The first kappa shape index (κ1) is 14.8. The standard InChI is InChI=1S/C5H13N3.H2O4S/c1-2-3-4(6)5(7)8;1-5(2,3)4/h4H,2-3,6H2,1H3,(H3,7,8);(H2,1,2,3,4). The largest absolute Gasteiger partial charge is 0.394 e. The highest BCUT2D eigenvalue weighted by Gasteiger charge is 2.01. The van der Waals surface area contributed by atoms with Gasteiger partial charge in [0, 0.05) is 0 Å². The summed E-state index contributed by atoms with van der Waals surface area (Å²) in [5, 5.41) is 6.86. The van der Waals surface area contributed by atoms with Gasteiger partial charge in [0.05, 0.1) is 6.04 Å². The third-order valence-corrected chi connectivity index (χ3v) is 0.999. The van der Waals surface area contributed by atoms with E-state index < -0.39 is 10.4 Å². The van der Waals surface area contributed by atoms with Crippen LogP contribution in [0.25, 0.3) is 0 Å². The Kier molecular flexibility index (Phi) is 7.72. The van der Waals surface area contributed by atoms with Crippen molar-refractivity contribution in [1.82, 2.24) is 0 Å². The SMILES string of the molecule is CCCC(N)C(=N)N.O=S(=O)(O)O. The monoisotopic (exact) mass is 213 g/mol. The summed E-state index contributed by atoms with van der Waals surface area (Å²) in [6.07, 6.45) is 1.80. The molecule has 0 rings (SSSR count). The van der Waals surface area contributed by atoms with Crippen LogP contribution >= 0.6 is 0 Å². The molecule has 0 aromatic carbocycles. The first-order chi connectivity index (χ1) is 5.68. The molecule has 7 nitrogen and oxygen atoms in total. The highest BCUT2D eigenvalue weighted by atomic mass is 32.3. The normalized spacial score (nSPS) is 12.6. The Morgan fingerprint density at radius 3 is 1.92 bits per heavy atom. The summed E-state index contributed by atoms with van der Waals surface area (Å²) in [6, 6.07) is -0.222. The van der Waals surface area contributed by atoms with Gasteiger partial charge in [-0.2, -0.15) is 8.42 Å². The second-order valence-corrected chi connectivity index (χ2v) is 3.19. The number of nitrogens with one attached hydrogen (secondary N) is 1. The van der Waals surface area contributed by atoms with Gasteiger partial charge in [-0.25, -0.2) is 0 Å². The lowest BCUT2D eigenvalue weighted by Gasteiger charge is -2.05. The smallest absolute Gasteiger partial charge is 0.386 e. The third kappa shape index (κ3) is 24.6. The summed E-state index contributed by atoms with van der Waals surface area (Å²) in [4.78, 5) is 0. The van der Waals surface area contributed by atoms with Crippen molar-refractivity contribution in [3.05, 3.63) is 0 Å². The molecule has 0 heterocycles. The second kappa shape index (κ2) is 6.78. The Morgan fingerprint density at radius 2 is 1.85 bits per heavy atom. The summed E-state index contributed by atoms with van der Waals surface area (Å²) in [6.45, 7) is 2.02. The highest BCUT2D eigenvalue weighted by Crippen LogP contribution is 1.90. The molecule has 8 heteroatoms. The maximum Gasteiger partial charge on any atom is 0.394 e. The summed E-state index contributed by atoms with van der Waals surface area (Å²) in [7, 11) is -4.67. The molecule has 1 unspecified atom stereocenters. The molecule has 80 valence electrons. The minimum absolute atomic E-state index is 0.0897. The molecule has 13 heavy (non-hydrogen) atoms. The van der Waals surface area contributed by atoms with Crippen LogP contribution < -0.4 is 11.5 Å². The van der Waals surface area contributed by atoms with Crippen molar-refractivity contribution < 1.29 is 17.5 Å². The van der Waals surface area contributed by atoms with Crippen molar-refractivity contribution in [3.63, 3.8) is 0 Å². The van der Waals surface area contributed by atoms with E-state index in [9.17, 15) is 0 Å². The minimum atomic E-state index is -4.67. The fourth-order valence-corrected chi connectivity index (χ4v) is 0.467. The molecular weight excluding hydrogens is 198 g/mol. The van der Waals surface area contributed by atoms with Crippen LogP contribution in [0.2, 0.25) is 0 Å². The molecule has 0 amide bonds. The van der Waals surface area contributed by atoms with E-state index in [2.05, 4.69) is 0 Å². The Balaban J connectivity index is 0. The molecule has 0 radical (unpaired) electrons. The van der Waals surface area contributed by atoms with Crippen LogP contribution in [0.5, 0.6) is 0 Å². The van der Waals surface area contributed by atoms with Gasteiger partial charge >= 0.3 is 10.4 Å². The first-order valence-electron chi connectivity index (χ1n) is 3.47. The van der Waals surface area contributed by atoms with E-state index in [4.69, 9.17) is 34.4 Å². The van der Waals surface area contributed by atoms with Gasteiger partial charge in [0.15, 0.2) is 0 Å². The maximum absolute atomic E-state index is 8.74. The van der Waals surface area contributed by atoms with Gasteiger partial charge in [-0.15, -0.1) is 0 Å². The highest BCUT2D eigenvalue weighted by molar-refractivity contribution is 7.79. The average Bonchev–Trinajstić information content (AvgIpc) is 1.84. The molecule has 0 fully saturated rings. The molecule has 1 atom stereocenters. The Morgan fingerprint density at radius 1 is 1.54 bits per heavy atom. The molecule has 0 aliphatic carbocycles. The molecule has 0 aromatic heterocycles. The topological polar surface area (TPSA) is 150 Å². The van der Waals surface area contributed by atoms with Crippen LogP contribution in [0.15, 0.2) is 0 Å². The number of rotatable bonds is 3. The molecular formula is C5H15N3O4S. The van der Waals surface area contributed by atoms with Crippen molar-refractivity contribution in [1.29, 1.82) is 5.41 Å². The lowest BCUT2D eigenvalue weighted by molar-refractivity contribution is 0.381. The van der Waals surface area contributed by atoms with Crippen LogP contribution in [0.3, 0.4) is 0 Å². The molecule has 0 saturated carbocycles. The predicted molar refractivity (Wildman–Crippen MR) is 49.0 cm³/mol. The van der Waals surface area contributed by atoms with Crippen molar-refractivity contribution >= 4 is 16.2 Å². The van der Waals surface area contributed by atoms with Crippen LogP contribution in [-0.4, -0.2) is 29.4 Å². The Labute approximate surface area is 77.2 Å². The second-order valence-electron chi connectivity index (χ2n) is 2.30.